The first kappa shape index (κ1) is 23.2. The Balaban J connectivity index is 1.27. The average Bonchev–Trinajstić information content (AvgIpc) is 3.11. The SMILES string of the molecule is COC1(OC)CC(c2cccc(CN3CC[C@@]4(C=CC(=O)N4c4cccc(F)c4)C[C@H]3C)c2)C1. The maximum Gasteiger partial charge on any atom is 0.251 e. The molecule has 2 fully saturated rings. The first-order valence-electron chi connectivity index (χ1n) is 12.1. The third kappa shape index (κ3) is 4.08. The van der Waals surface area contributed by atoms with Crippen LogP contribution >= 0.6 is 0 Å². The van der Waals surface area contributed by atoms with Crippen molar-refractivity contribution in [1.82, 2.24) is 4.90 Å². The molecule has 0 radical (unpaired) electrons. The Bertz CT molecular complexity index is 1090. The van der Waals surface area contributed by atoms with E-state index in [0.717, 1.165) is 38.8 Å². The zero-order valence-electron chi connectivity index (χ0n) is 20.2. The zero-order chi connectivity index (χ0) is 23.9. The molecule has 0 unspecified atom stereocenters. The fourth-order valence-electron chi connectivity index (χ4n) is 6.01. The van der Waals surface area contributed by atoms with Crippen molar-refractivity contribution in [2.75, 3.05) is 25.7 Å². The molecule has 0 N–H and O–H groups in total. The van der Waals surface area contributed by atoms with Gasteiger partial charge in [0.2, 0.25) is 0 Å². The van der Waals surface area contributed by atoms with Crippen LogP contribution in [0.5, 0.6) is 0 Å². The highest BCUT2D eigenvalue weighted by Crippen LogP contribution is 2.47. The Morgan fingerprint density at radius 2 is 1.82 bits per heavy atom. The largest absolute Gasteiger partial charge is 0.353 e. The van der Waals surface area contributed by atoms with Crippen molar-refractivity contribution < 1.29 is 18.7 Å². The third-order valence-electron chi connectivity index (χ3n) is 8.04. The zero-order valence-corrected chi connectivity index (χ0v) is 20.2. The Morgan fingerprint density at radius 3 is 2.53 bits per heavy atom. The fraction of sp³-hybridized carbons (Fsp3) is 0.464. The molecule has 2 aliphatic heterocycles. The van der Waals surface area contributed by atoms with Crippen LogP contribution in [0.15, 0.2) is 60.7 Å². The van der Waals surface area contributed by atoms with Gasteiger partial charge >= 0.3 is 0 Å². The molecular formula is C28H33FN2O3. The average molecular weight is 465 g/mol. The van der Waals surface area contributed by atoms with Crippen LogP contribution in [0.25, 0.3) is 0 Å². The fourth-order valence-corrected chi connectivity index (χ4v) is 6.01. The molecule has 2 aromatic carbocycles. The van der Waals surface area contributed by atoms with Crippen LogP contribution in [0, 0.1) is 5.82 Å². The highest BCUT2D eigenvalue weighted by molar-refractivity contribution is 6.06. The Hall–Kier alpha value is -2.54. The van der Waals surface area contributed by atoms with Crippen LogP contribution in [0.3, 0.4) is 0 Å². The Morgan fingerprint density at radius 1 is 1.06 bits per heavy atom. The number of amides is 1. The number of methoxy groups -OCH3 is 2. The van der Waals surface area contributed by atoms with Gasteiger partial charge in [-0.05, 0) is 55.0 Å². The van der Waals surface area contributed by atoms with Gasteiger partial charge in [0.05, 0.1) is 5.54 Å². The minimum Gasteiger partial charge on any atom is -0.353 e. The molecule has 1 amide bonds. The summed E-state index contributed by atoms with van der Waals surface area (Å²) in [5, 5.41) is 0. The van der Waals surface area contributed by atoms with Crippen molar-refractivity contribution in [1.29, 1.82) is 0 Å². The summed E-state index contributed by atoms with van der Waals surface area (Å²) in [6.07, 6.45) is 7.07. The topological polar surface area (TPSA) is 42.0 Å². The number of likely N-dealkylation sites (tertiary alicyclic amines) is 1. The van der Waals surface area contributed by atoms with E-state index in [2.05, 4.69) is 36.1 Å². The van der Waals surface area contributed by atoms with Gasteiger partial charge in [-0.2, -0.15) is 0 Å². The summed E-state index contributed by atoms with van der Waals surface area (Å²) in [7, 11) is 3.42. The molecule has 2 atom stereocenters. The minimum atomic E-state index is -0.434. The number of benzene rings is 2. The summed E-state index contributed by atoms with van der Waals surface area (Å²) >= 11 is 0. The van der Waals surface area contributed by atoms with Crippen LogP contribution in [0.2, 0.25) is 0 Å². The number of anilines is 1. The monoisotopic (exact) mass is 464 g/mol. The lowest BCUT2D eigenvalue weighted by atomic mass is 9.74. The maximum absolute atomic E-state index is 13.9. The van der Waals surface area contributed by atoms with Gasteiger partial charge in [0, 0.05) is 58.0 Å². The number of hydrogen-bond acceptors (Lipinski definition) is 4. The Kier molecular flexibility index (Phi) is 6.09. The number of ether oxygens (including phenoxy) is 2. The number of hydrogen-bond donors (Lipinski definition) is 0. The van der Waals surface area contributed by atoms with E-state index in [4.69, 9.17) is 9.47 Å². The van der Waals surface area contributed by atoms with Crippen LogP contribution in [-0.4, -0.2) is 48.9 Å². The van der Waals surface area contributed by atoms with E-state index in [1.807, 2.05) is 12.1 Å². The number of piperidine rings is 1. The van der Waals surface area contributed by atoms with Crippen molar-refractivity contribution in [3.05, 3.63) is 77.6 Å². The Labute approximate surface area is 201 Å². The van der Waals surface area contributed by atoms with Gasteiger partial charge in [0.15, 0.2) is 5.79 Å². The van der Waals surface area contributed by atoms with Gasteiger partial charge in [-0.3, -0.25) is 14.6 Å². The molecule has 34 heavy (non-hydrogen) atoms. The van der Waals surface area contributed by atoms with Crippen molar-refractivity contribution in [3.8, 4) is 0 Å². The molecule has 1 spiro atoms. The van der Waals surface area contributed by atoms with E-state index in [1.54, 1.807) is 31.3 Å². The molecule has 1 saturated heterocycles. The second kappa shape index (κ2) is 8.91. The summed E-state index contributed by atoms with van der Waals surface area (Å²) < 4.78 is 25.0. The van der Waals surface area contributed by atoms with Crippen LogP contribution in [-0.2, 0) is 20.8 Å². The standard InChI is InChI=1S/C28H33FN2O3/c1-20-16-27(11-10-26(32)31(27)25-9-5-8-24(29)15-25)12-13-30(20)19-21-6-4-7-22(14-21)23-17-28(18-23,33-2)34-3/h4-11,14-15,20,23H,12-13,16-19H2,1-3H3/t20-,27+/m1/s1. The molecule has 180 valence electrons. The normalized spacial score (nSPS) is 26.9. The van der Waals surface area contributed by atoms with Crippen LogP contribution in [0.1, 0.15) is 49.7 Å². The molecule has 1 aliphatic carbocycles. The number of carbonyl (C=O) groups excluding carboxylic acids is 1. The number of nitrogens with zero attached hydrogens (tertiary/aromatic N) is 2. The predicted molar refractivity (Wildman–Crippen MR) is 130 cm³/mol. The van der Waals surface area contributed by atoms with Gasteiger partial charge < -0.3 is 9.47 Å². The predicted octanol–water partition coefficient (Wildman–Crippen LogP) is 5.02. The smallest absolute Gasteiger partial charge is 0.251 e. The van der Waals surface area contributed by atoms with Crippen molar-refractivity contribution in [3.63, 3.8) is 0 Å². The summed E-state index contributed by atoms with van der Waals surface area (Å²) in [5.74, 6) is -0.368. The van der Waals surface area contributed by atoms with Gasteiger partial charge in [-0.1, -0.05) is 36.4 Å². The molecule has 5 rings (SSSR count). The summed E-state index contributed by atoms with van der Waals surface area (Å²) in [6, 6.07) is 15.5. The van der Waals surface area contributed by atoms with Crippen molar-refractivity contribution in [2.45, 2.75) is 62.4 Å². The molecule has 1 saturated carbocycles. The molecule has 0 aromatic heterocycles. The minimum absolute atomic E-state index is 0.0670. The summed E-state index contributed by atoms with van der Waals surface area (Å²) in [5.41, 5.74) is 2.88. The molecule has 3 aliphatic rings. The number of halogens is 1. The molecule has 0 bridgehead atoms. The van der Waals surface area contributed by atoms with Crippen molar-refractivity contribution >= 4 is 11.6 Å². The third-order valence-corrected chi connectivity index (χ3v) is 8.04. The van der Waals surface area contributed by atoms with Gasteiger partial charge in [-0.15, -0.1) is 0 Å². The molecule has 2 heterocycles. The molecular weight excluding hydrogens is 431 g/mol. The first-order valence-corrected chi connectivity index (χ1v) is 12.1. The second-order valence-electron chi connectivity index (χ2n) is 10.0. The second-order valence-corrected chi connectivity index (χ2v) is 10.0. The quantitative estimate of drug-likeness (QED) is 0.563. The highest BCUT2D eigenvalue weighted by Gasteiger charge is 2.47. The lowest BCUT2D eigenvalue weighted by Crippen LogP contribution is -2.56. The first-order chi connectivity index (χ1) is 16.4. The molecule has 5 nitrogen and oxygen atoms in total. The van der Waals surface area contributed by atoms with E-state index in [0.29, 0.717) is 11.6 Å². The lowest BCUT2D eigenvalue weighted by Gasteiger charge is -2.47. The highest BCUT2D eigenvalue weighted by atomic mass is 19.1. The summed E-state index contributed by atoms with van der Waals surface area (Å²) in [6.45, 7) is 3.96. The maximum atomic E-state index is 13.9. The summed E-state index contributed by atoms with van der Waals surface area (Å²) in [4.78, 5) is 17.0. The van der Waals surface area contributed by atoms with Gasteiger partial charge in [-0.25, -0.2) is 4.39 Å². The van der Waals surface area contributed by atoms with E-state index < -0.39 is 11.3 Å². The van der Waals surface area contributed by atoms with Gasteiger partial charge in [0.1, 0.15) is 5.82 Å². The molecule has 2 aromatic rings. The van der Waals surface area contributed by atoms with E-state index in [9.17, 15) is 9.18 Å². The van der Waals surface area contributed by atoms with Gasteiger partial charge in [0.25, 0.3) is 5.91 Å². The van der Waals surface area contributed by atoms with Crippen LogP contribution < -0.4 is 4.90 Å². The number of rotatable bonds is 6. The number of carbonyl (C=O) groups is 1. The van der Waals surface area contributed by atoms with Crippen molar-refractivity contribution in [2.24, 2.45) is 0 Å². The van der Waals surface area contributed by atoms with E-state index in [-0.39, 0.29) is 17.8 Å². The van der Waals surface area contributed by atoms with E-state index in [1.165, 1.54) is 23.3 Å². The molecule has 6 heteroatoms. The van der Waals surface area contributed by atoms with E-state index >= 15 is 0 Å². The lowest BCUT2D eigenvalue weighted by molar-refractivity contribution is -0.257. The van der Waals surface area contributed by atoms with Crippen LogP contribution in [0.4, 0.5) is 10.1 Å².